The lowest BCUT2D eigenvalue weighted by Crippen LogP contribution is -2.46. The molecular formula is C16H22BrNO. The van der Waals surface area contributed by atoms with E-state index in [2.05, 4.69) is 33.4 Å². The topological polar surface area (TPSA) is 32.3 Å². The first kappa shape index (κ1) is 13.4. The SMILES string of the molecule is OCC1(Nc2ccccc2Br)CCCC(C2CC2)C1. The average molecular weight is 324 g/mol. The van der Waals surface area contributed by atoms with Crippen LogP contribution in [0.3, 0.4) is 0 Å². The van der Waals surface area contributed by atoms with Gasteiger partial charge in [0.1, 0.15) is 0 Å². The Kier molecular flexibility index (Phi) is 3.86. The summed E-state index contributed by atoms with van der Waals surface area (Å²) in [7, 11) is 0. The molecule has 3 heteroatoms. The van der Waals surface area contributed by atoms with Crippen LogP contribution in [0.4, 0.5) is 5.69 Å². The molecule has 0 aliphatic heterocycles. The van der Waals surface area contributed by atoms with Gasteiger partial charge in [0.25, 0.3) is 0 Å². The van der Waals surface area contributed by atoms with E-state index in [9.17, 15) is 5.11 Å². The lowest BCUT2D eigenvalue weighted by molar-refractivity contribution is 0.136. The van der Waals surface area contributed by atoms with Gasteiger partial charge in [0.15, 0.2) is 0 Å². The molecule has 0 spiro atoms. The summed E-state index contributed by atoms with van der Waals surface area (Å²) in [6, 6.07) is 8.20. The van der Waals surface area contributed by atoms with E-state index in [1.165, 1.54) is 25.7 Å². The highest BCUT2D eigenvalue weighted by molar-refractivity contribution is 9.10. The van der Waals surface area contributed by atoms with Gasteiger partial charge in [-0.25, -0.2) is 0 Å². The molecule has 2 saturated carbocycles. The molecule has 0 radical (unpaired) electrons. The Hall–Kier alpha value is -0.540. The molecule has 0 saturated heterocycles. The van der Waals surface area contributed by atoms with Gasteiger partial charge in [0.05, 0.1) is 12.1 Å². The van der Waals surface area contributed by atoms with Gasteiger partial charge in [-0.2, -0.15) is 0 Å². The maximum atomic E-state index is 9.94. The minimum Gasteiger partial charge on any atom is -0.394 e. The van der Waals surface area contributed by atoms with Crippen LogP contribution < -0.4 is 5.32 Å². The van der Waals surface area contributed by atoms with Crippen molar-refractivity contribution in [2.45, 2.75) is 44.1 Å². The Morgan fingerprint density at radius 3 is 2.68 bits per heavy atom. The van der Waals surface area contributed by atoms with Crippen molar-refractivity contribution in [3.63, 3.8) is 0 Å². The van der Waals surface area contributed by atoms with Gasteiger partial charge in [-0.05, 0) is 65.6 Å². The Morgan fingerprint density at radius 1 is 1.21 bits per heavy atom. The van der Waals surface area contributed by atoms with Gasteiger partial charge < -0.3 is 10.4 Å². The maximum absolute atomic E-state index is 9.94. The number of hydrogen-bond donors (Lipinski definition) is 2. The summed E-state index contributed by atoms with van der Waals surface area (Å²) in [5, 5.41) is 13.6. The van der Waals surface area contributed by atoms with Crippen LogP contribution in [-0.2, 0) is 0 Å². The van der Waals surface area contributed by atoms with Gasteiger partial charge in [-0.3, -0.25) is 0 Å². The van der Waals surface area contributed by atoms with Gasteiger partial charge in [-0.15, -0.1) is 0 Å². The lowest BCUT2D eigenvalue weighted by Gasteiger charge is -2.41. The molecule has 2 atom stereocenters. The van der Waals surface area contributed by atoms with Gasteiger partial charge in [0, 0.05) is 10.2 Å². The molecule has 0 heterocycles. The van der Waals surface area contributed by atoms with E-state index in [0.29, 0.717) is 0 Å². The first-order chi connectivity index (χ1) is 9.22. The largest absolute Gasteiger partial charge is 0.394 e. The van der Waals surface area contributed by atoms with Crippen molar-refractivity contribution in [3.05, 3.63) is 28.7 Å². The summed E-state index contributed by atoms with van der Waals surface area (Å²) in [6.07, 6.45) is 7.59. The van der Waals surface area contributed by atoms with E-state index in [4.69, 9.17) is 0 Å². The third kappa shape index (κ3) is 2.97. The third-order valence-electron chi connectivity index (χ3n) is 4.75. The first-order valence-corrected chi connectivity index (χ1v) is 8.15. The van der Waals surface area contributed by atoms with Crippen molar-refractivity contribution in [2.75, 3.05) is 11.9 Å². The molecule has 19 heavy (non-hydrogen) atoms. The number of halogens is 1. The summed E-state index contributed by atoms with van der Waals surface area (Å²) >= 11 is 3.59. The number of anilines is 1. The number of hydrogen-bond acceptors (Lipinski definition) is 2. The second kappa shape index (κ2) is 5.45. The Morgan fingerprint density at radius 2 is 2.00 bits per heavy atom. The molecule has 1 aromatic carbocycles. The van der Waals surface area contributed by atoms with Gasteiger partial charge in [-0.1, -0.05) is 25.0 Å². The van der Waals surface area contributed by atoms with E-state index < -0.39 is 0 Å². The zero-order chi connectivity index (χ0) is 13.3. The highest BCUT2D eigenvalue weighted by Crippen LogP contribution is 2.47. The molecule has 0 aromatic heterocycles. The molecule has 0 amide bonds. The first-order valence-electron chi connectivity index (χ1n) is 7.36. The van der Waals surface area contributed by atoms with Crippen LogP contribution >= 0.6 is 15.9 Å². The van der Waals surface area contributed by atoms with E-state index in [-0.39, 0.29) is 12.1 Å². The zero-order valence-corrected chi connectivity index (χ0v) is 12.8. The second-order valence-corrected chi connectivity index (χ2v) is 7.09. The van der Waals surface area contributed by atoms with Crippen LogP contribution in [0.15, 0.2) is 28.7 Å². The molecule has 2 aliphatic carbocycles. The number of rotatable bonds is 4. The van der Waals surface area contributed by atoms with Crippen molar-refractivity contribution in [2.24, 2.45) is 11.8 Å². The minimum atomic E-state index is -0.116. The number of aliphatic hydroxyl groups excluding tert-OH is 1. The predicted octanol–water partition coefficient (Wildman–Crippen LogP) is 4.19. The molecule has 2 aliphatic rings. The molecule has 1 aromatic rings. The van der Waals surface area contributed by atoms with Crippen molar-refractivity contribution in [3.8, 4) is 0 Å². The van der Waals surface area contributed by atoms with Crippen LogP contribution in [0.25, 0.3) is 0 Å². The van der Waals surface area contributed by atoms with E-state index in [1.807, 2.05) is 12.1 Å². The maximum Gasteiger partial charge on any atom is 0.0661 e. The Labute approximate surface area is 123 Å². The second-order valence-electron chi connectivity index (χ2n) is 6.24. The fourth-order valence-corrected chi connectivity index (χ4v) is 3.91. The minimum absolute atomic E-state index is 0.116. The third-order valence-corrected chi connectivity index (χ3v) is 5.44. The van der Waals surface area contributed by atoms with E-state index in [0.717, 1.165) is 34.8 Å². The quantitative estimate of drug-likeness (QED) is 0.870. The number of aliphatic hydroxyl groups is 1. The number of para-hydroxylation sites is 1. The summed E-state index contributed by atoms with van der Waals surface area (Å²) < 4.78 is 1.08. The molecule has 104 valence electrons. The fraction of sp³-hybridized carbons (Fsp3) is 0.625. The summed E-state index contributed by atoms with van der Waals surface area (Å²) in [4.78, 5) is 0. The molecule has 2 fully saturated rings. The average Bonchev–Trinajstić information content (AvgIpc) is 3.26. The van der Waals surface area contributed by atoms with Crippen LogP contribution in [-0.4, -0.2) is 17.3 Å². The lowest BCUT2D eigenvalue weighted by atomic mass is 9.74. The Balaban J connectivity index is 1.76. The van der Waals surface area contributed by atoms with Crippen LogP contribution in [0.1, 0.15) is 38.5 Å². The summed E-state index contributed by atoms with van der Waals surface area (Å²) in [5.74, 6) is 1.75. The summed E-state index contributed by atoms with van der Waals surface area (Å²) in [5.41, 5.74) is 0.989. The van der Waals surface area contributed by atoms with Crippen LogP contribution in [0, 0.1) is 11.8 Å². The smallest absolute Gasteiger partial charge is 0.0661 e. The molecular weight excluding hydrogens is 302 g/mol. The Bertz CT molecular complexity index is 446. The van der Waals surface area contributed by atoms with Crippen molar-refractivity contribution >= 4 is 21.6 Å². The van der Waals surface area contributed by atoms with Crippen molar-refractivity contribution < 1.29 is 5.11 Å². The number of benzene rings is 1. The normalized spacial score (nSPS) is 31.2. The molecule has 0 bridgehead atoms. The molecule has 2 nitrogen and oxygen atoms in total. The van der Waals surface area contributed by atoms with Crippen molar-refractivity contribution in [1.82, 2.24) is 0 Å². The van der Waals surface area contributed by atoms with Crippen LogP contribution in [0.5, 0.6) is 0 Å². The molecule has 3 rings (SSSR count). The molecule has 2 unspecified atom stereocenters. The van der Waals surface area contributed by atoms with Crippen molar-refractivity contribution in [1.29, 1.82) is 0 Å². The number of nitrogens with one attached hydrogen (secondary N) is 1. The monoisotopic (exact) mass is 323 g/mol. The predicted molar refractivity (Wildman–Crippen MR) is 82.3 cm³/mol. The zero-order valence-electron chi connectivity index (χ0n) is 11.2. The van der Waals surface area contributed by atoms with Gasteiger partial charge >= 0.3 is 0 Å². The highest BCUT2D eigenvalue weighted by atomic mass is 79.9. The van der Waals surface area contributed by atoms with Gasteiger partial charge in [0.2, 0.25) is 0 Å². The van der Waals surface area contributed by atoms with E-state index >= 15 is 0 Å². The van der Waals surface area contributed by atoms with E-state index in [1.54, 1.807) is 0 Å². The van der Waals surface area contributed by atoms with Crippen LogP contribution in [0.2, 0.25) is 0 Å². The molecule has 2 N–H and O–H groups in total. The summed E-state index contributed by atoms with van der Waals surface area (Å²) in [6.45, 7) is 0.234. The standard InChI is InChI=1S/C16H22BrNO/c17-14-5-1-2-6-15(14)18-16(11-19)9-3-4-13(10-16)12-7-8-12/h1-2,5-6,12-13,18-19H,3-4,7-11H2. The highest BCUT2D eigenvalue weighted by Gasteiger charge is 2.41. The fourth-order valence-electron chi connectivity index (χ4n) is 3.52.